The van der Waals surface area contributed by atoms with Crippen molar-refractivity contribution in [3.05, 3.63) is 46.0 Å². The van der Waals surface area contributed by atoms with Crippen LogP contribution in [0.2, 0.25) is 0 Å². The molecule has 4 nitrogen and oxygen atoms in total. The molecule has 0 radical (unpaired) electrons. The molecule has 0 saturated heterocycles. The Morgan fingerprint density at radius 3 is 2.91 bits per heavy atom. The van der Waals surface area contributed by atoms with Crippen LogP contribution in [0.5, 0.6) is 5.75 Å². The van der Waals surface area contributed by atoms with Crippen molar-refractivity contribution in [2.24, 2.45) is 5.73 Å². The highest BCUT2D eigenvalue weighted by atomic mass is 35.5. The Labute approximate surface area is 144 Å². The maximum atomic E-state index is 13.7. The van der Waals surface area contributed by atoms with Crippen molar-refractivity contribution in [2.45, 2.75) is 25.3 Å². The molecule has 0 amide bonds. The number of nitrogens with zero attached hydrogens (tertiary/aromatic N) is 1. The standard InChI is InChI=1S/C15H17F2N3OS.ClH/c16-10-4-9-5-12(8-21-14(9)13(17)6-10)20-11(2-1-3-18)7-19-15(20)22;/h4,6-7,12H,1-3,5,8,18H2,(H,19,22);1H/t12-;/m1./s1. The Balaban J connectivity index is 0.00000192. The number of nitrogens with two attached hydrogens (primary N) is 1. The molecule has 1 aliphatic heterocycles. The van der Waals surface area contributed by atoms with Gasteiger partial charge in [0.05, 0.1) is 6.04 Å². The smallest absolute Gasteiger partial charge is 0.177 e. The number of nitrogens with one attached hydrogen (secondary N) is 1. The first kappa shape index (κ1) is 17.9. The summed E-state index contributed by atoms with van der Waals surface area (Å²) in [6, 6.07) is 2.08. The van der Waals surface area contributed by atoms with Crippen molar-refractivity contribution in [1.82, 2.24) is 9.55 Å². The van der Waals surface area contributed by atoms with Gasteiger partial charge >= 0.3 is 0 Å². The number of fused-ring (bicyclic) bond motifs is 1. The summed E-state index contributed by atoms with van der Waals surface area (Å²) in [5.41, 5.74) is 7.12. The van der Waals surface area contributed by atoms with Crippen LogP contribution in [0.4, 0.5) is 8.78 Å². The Morgan fingerprint density at radius 2 is 2.17 bits per heavy atom. The quantitative estimate of drug-likeness (QED) is 0.821. The third kappa shape index (κ3) is 3.57. The highest BCUT2D eigenvalue weighted by Crippen LogP contribution is 2.33. The average molecular weight is 362 g/mol. The molecule has 0 bridgehead atoms. The van der Waals surface area contributed by atoms with Crippen molar-refractivity contribution < 1.29 is 13.5 Å². The lowest BCUT2D eigenvalue weighted by Gasteiger charge is -2.28. The Hall–Kier alpha value is -1.44. The minimum atomic E-state index is -0.658. The fraction of sp³-hybridized carbons (Fsp3) is 0.400. The first-order valence-corrected chi connectivity index (χ1v) is 7.60. The second-order valence-corrected chi connectivity index (χ2v) is 5.78. The largest absolute Gasteiger partial charge is 0.488 e. The monoisotopic (exact) mass is 361 g/mol. The Bertz CT molecular complexity index is 747. The molecule has 23 heavy (non-hydrogen) atoms. The third-order valence-corrected chi connectivity index (χ3v) is 4.17. The third-order valence-electron chi connectivity index (χ3n) is 3.85. The maximum absolute atomic E-state index is 13.7. The minimum Gasteiger partial charge on any atom is -0.488 e. The van der Waals surface area contributed by atoms with Crippen molar-refractivity contribution in [1.29, 1.82) is 0 Å². The van der Waals surface area contributed by atoms with E-state index in [1.165, 1.54) is 6.07 Å². The van der Waals surface area contributed by atoms with E-state index in [0.717, 1.165) is 24.6 Å². The van der Waals surface area contributed by atoms with Gasteiger partial charge in [0.2, 0.25) is 0 Å². The van der Waals surface area contributed by atoms with Crippen molar-refractivity contribution in [2.75, 3.05) is 13.2 Å². The maximum Gasteiger partial charge on any atom is 0.177 e. The van der Waals surface area contributed by atoms with Gasteiger partial charge in [-0.3, -0.25) is 0 Å². The SMILES string of the molecule is Cl.NCCCc1c[nH]c(=S)n1[C@H]1COc2c(F)cc(F)cc2C1. The van der Waals surface area contributed by atoms with Crippen LogP contribution in [0.3, 0.4) is 0 Å². The number of ether oxygens (including phenoxy) is 1. The van der Waals surface area contributed by atoms with Crippen molar-refractivity contribution >= 4 is 24.6 Å². The van der Waals surface area contributed by atoms with Gasteiger partial charge in [0.1, 0.15) is 12.4 Å². The molecule has 2 aromatic rings. The number of aryl methyl sites for hydroxylation is 1. The molecule has 0 saturated carbocycles. The zero-order valence-electron chi connectivity index (χ0n) is 12.4. The fourth-order valence-electron chi connectivity index (χ4n) is 2.88. The van der Waals surface area contributed by atoms with Gasteiger partial charge in [-0.1, -0.05) is 0 Å². The molecule has 1 atom stereocenters. The zero-order valence-corrected chi connectivity index (χ0v) is 14.0. The number of imidazole rings is 1. The van der Waals surface area contributed by atoms with Crippen LogP contribution in [0.15, 0.2) is 18.3 Å². The van der Waals surface area contributed by atoms with E-state index in [-0.39, 0.29) is 24.2 Å². The molecule has 3 rings (SSSR count). The molecule has 0 aliphatic carbocycles. The van der Waals surface area contributed by atoms with Gasteiger partial charge in [-0.2, -0.15) is 0 Å². The molecule has 2 heterocycles. The summed E-state index contributed by atoms with van der Waals surface area (Å²) >= 11 is 5.33. The van der Waals surface area contributed by atoms with Crippen LogP contribution in [0.25, 0.3) is 0 Å². The van der Waals surface area contributed by atoms with Crippen LogP contribution in [0.1, 0.15) is 23.7 Å². The highest BCUT2D eigenvalue weighted by molar-refractivity contribution is 7.71. The number of hydrogen-bond acceptors (Lipinski definition) is 3. The van der Waals surface area contributed by atoms with Gasteiger partial charge in [0, 0.05) is 29.9 Å². The zero-order chi connectivity index (χ0) is 15.7. The van der Waals surface area contributed by atoms with E-state index in [0.29, 0.717) is 29.9 Å². The van der Waals surface area contributed by atoms with Gasteiger partial charge in [-0.05, 0) is 37.7 Å². The second kappa shape index (κ2) is 7.42. The summed E-state index contributed by atoms with van der Waals surface area (Å²) in [5, 5.41) is 0. The highest BCUT2D eigenvalue weighted by Gasteiger charge is 2.26. The molecule has 0 fully saturated rings. The summed E-state index contributed by atoms with van der Waals surface area (Å²) in [5.74, 6) is -1.11. The van der Waals surface area contributed by atoms with E-state index >= 15 is 0 Å². The van der Waals surface area contributed by atoms with Gasteiger partial charge in [-0.15, -0.1) is 12.4 Å². The lowest BCUT2D eigenvalue weighted by atomic mass is 10.0. The molecular formula is C15H18ClF2N3OS. The van der Waals surface area contributed by atoms with Crippen LogP contribution in [-0.2, 0) is 12.8 Å². The number of halogens is 3. The fourth-order valence-corrected chi connectivity index (χ4v) is 3.20. The van der Waals surface area contributed by atoms with Crippen LogP contribution < -0.4 is 10.5 Å². The number of aromatic nitrogens is 2. The number of aromatic amines is 1. The average Bonchev–Trinajstić information content (AvgIpc) is 2.85. The Morgan fingerprint density at radius 1 is 1.39 bits per heavy atom. The van der Waals surface area contributed by atoms with Gasteiger partial charge in [-0.25, -0.2) is 8.78 Å². The lowest BCUT2D eigenvalue weighted by Crippen LogP contribution is -2.26. The summed E-state index contributed by atoms with van der Waals surface area (Å²) in [6.07, 6.45) is 3.98. The lowest BCUT2D eigenvalue weighted by molar-refractivity contribution is 0.210. The number of hydrogen-bond donors (Lipinski definition) is 2. The molecule has 1 aromatic carbocycles. The first-order chi connectivity index (χ1) is 10.6. The predicted octanol–water partition coefficient (Wildman–Crippen LogP) is 3.31. The molecule has 1 aromatic heterocycles. The molecule has 0 spiro atoms. The summed E-state index contributed by atoms with van der Waals surface area (Å²) in [6.45, 7) is 0.899. The van der Waals surface area contributed by atoms with Gasteiger partial charge < -0.3 is 20.0 Å². The van der Waals surface area contributed by atoms with E-state index in [1.807, 2.05) is 10.8 Å². The van der Waals surface area contributed by atoms with Crippen LogP contribution >= 0.6 is 24.6 Å². The summed E-state index contributed by atoms with van der Waals surface area (Å²) in [7, 11) is 0. The van der Waals surface area contributed by atoms with E-state index < -0.39 is 11.6 Å². The van der Waals surface area contributed by atoms with E-state index in [4.69, 9.17) is 22.7 Å². The first-order valence-electron chi connectivity index (χ1n) is 7.19. The minimum absolute atomic E-state index is 0. The van der Waals surface area contributed by atoms with Gasteiger partial charge in [0.15, 0.2) is 16.3 Å². The molecule has 1 aliphatic rings. The summed E-state index contributed by atoms with van der Waals surface area (Å²) < 4.78 is 35.2. The Kier molecular flexibility index (Phi) is 5.78. The molecule has 3 N–H and O–H groups in total. The normalized spacial score (nSPS) is 16.4. The van der Waals surface area contributed by atoms with Gasteiger partial charge in [0.25, 0.3) is 0 Å². The van der Waals surface area contributed by atoms with E-state index in [9.17, 15) is 8.78 Å². The number of rotatable bonds is 4. The number of H-pyrrole nitrogens is 1. The van der Waals surface area contributed by atoms with Crippen molar-refractivity contribution in [3.63, 3.8) is 0 Å². The van der Waals surface area contributed by atoms with Crippen molar-refractivity contribution in [3.8, 4) is 5.75 Å². The molecule has 8 heteroatoms. The predicted molar refractivity (Wildman–Crippen MR) is 88.8 cm³/mol. The molecular weight excluding hydrogens is 344 g/mol. The molecule has 0 unspecified atom stereocenters. The van der Waals surface area contributed by atoms with Crippen LogP contribution in [-0.4, -0.2) is 22.7 Å². The van der Waals surface area contributed by atoms with Crippen LogP contribution in [0, 0.1) is 16.4 Å². The topological polar surface area (TPSA) is 56.0 Å². The number of benzene rings is 1. The summed E-state index contributed by atoms with van der Waals surface area (Å²) in [4.78, 5) is 3.02. The molecule has 126 valence electrons. The van der Waals surface area contributed by atoms with E-state index in [2.05, 4.69) is 4.98 Å². The second-order valence-electron chi connectivity index (χ2n) is 5.39. The van der Waals surface area contributed by atoms with E-state index in [1.54, 1.807) is 0 Å².